The summed E-state index contributed by atoms with van der Waals surface area (Å²) in [4.78, 5) is 5.01. The van der Waals surface area contributed by atoms with Gasteiger partial charge in [0.1, 0.15) is 17.2 Å². The smallest absolute Gasteiger partial charge is 0.175 e. The van der Waals surface area contributed by atoms with Gasteiger partial charge >= 0.3 is 0 Å². The molecule has 0 spiro atoms. The van der Waals surface area contributed by atoms with E-state index in [1.807, 2.05) is 12.1 Å². The molecule has 1 aliphatic heterocycles. The Balaban J connectivity index is 1.41. The highest BCUT2D eigenvalue weighted by Crippen LogP contribution is 2.35. The lowest BCUT2D eigenvalue weighted by atomic mass is 9.83. The summed E-state index contributed by atoms with van der Waals surface area (Å²) in [5.74, 6) is -0.293. The molecule has 6 nitrogen and oxygen atoms in total. The third kappa shape index (κ3) is 6.50. The lowest BCUT2D eigenvalue weighted by Gasteiger charge is -2.32. The molecule has 8 heteroatoms. The van der Waals surface area contributed by atoms with E-state index in [1.165, 1.54) is 18.4 Å². The van der Waals surface area contributed by atoms with E-state index < -0.39 is 15.4 Å². The number of phenols is 1. The van der Waals surface area contributed by atoms with E-state index in [9.17, 15) is 23.0 Å². The Labute approximate surface area is 212 Å². The van der Waals surface area contributed by atoms with Crippen LogP contribution in [-0.4, -0.2) is 67.4 Å². The van der Waals surface area contributed by atoms with Gasteiger partial charge in [0.15, 0.2) is 9.84 Å². The van der Waals surface area contributed by atoms with Crippen LogP contribution in [0.3, 0.4) is 0 Å². The van der Waals surface area contributed by atoms with Gasteiger partial charge in [0.05, 0.1) is 4.90 Å². The first-order valence-electron chi connectivity index (χ1n) is 12.2. The summed E-state index contributed by atoms with van der Waals surface area (Å²) in [5.41, 5.74) is 0.872. The molecule has 1 atom stereocenters. The van der Waals surface area contributed by atoms with Gasteiger partial charge in [-0.25, -0.2) is 12.8 Å². The number of sulfone groups is 1. The van der Waals surface area contributed by atoms with Gasteiger partial charge in [0.2, 0.25) is 0 Å². The summed E-state index contributed by atoms with van der Waals surface area (Å²) in [5, 5.41) is 21.8. The largest absolute Gasteiger partial charge is 0.508 e. The number of aromatic hydroxyl groups is 1. The van der Waals surface area contributed by atoms with Gasteiger partial charge in [-0.15, -0.1) is 0 Å². The summed E-state index contributed by atoms with van der Waals surface area (Å²) in [7, 11) is -3.20. The van der Waals surface area contributed by atoms with Crippen LogP contribution < -0.4 is 0 Å². The molecule has 36 heavy (non-hydrogen) atoms. The zero-order valence-corrected chi connectivity index (χ0v) is 21.3. The molecular weight excluding hydrogens is 479 g/mol. The number of benzene rings is 3. The monoisotopic (exact) mass is 512 g/mol. The second-order valence-electron chi connectivity index (χ2n) is 9.55. The van der Waals surface area contributed by atoms with E-state index >= 15 is 0 Å². The number of hydrogen-bond donors (Lipinski definition) is 2. The second-order valence-corrected chi connectivity index (χ2v) is 11.6. The fourth-order valence-electron chi connectivity index (χ4n) is 4.77. The standard InChI is InChI=1S/C28H33FN2O4S/c1-36(34,35)27-12-6-22(7-13-27)21-31-16-3-15-30(18-19-31)17-14-28(33,23-8-10-25(29)11-9-23)24-4-2-5-26(32)20-24/h2,4-13,20,32-33H,3,14-19,21H2,1H3. The summed E-state index contributed by atoms with van der Waals surface area (Å²) < 4.78 is 37.0. The van der Waals surface area contributed by atoms with E-state index in [1.54, 1.807) is 48.5 Å². The zero-order valence-electron chi connectivity index (χ0n) is 20.5. The molecule has 1 fully saturated rings. The van der Waals surface area contributed by atoms with E-state index in [4.69, 9.17) is 0 Å². The maximum Gasteiger partial charge on any atom is 0.175 e. The Morgan fingerprint density at radius 2 is 1.56 bits per heavy atom. The van der Waals surface area contributed by atoms with Crippen LogP contribution in [0.2, 0.25) is 0 Å². The summed E-state index contributed by atoms with van der Waals surface area (Å²) in [6.45, 7) is 4.90. The van der Waals surface area contributed by atoms with Crippen LogP contribution in [0.5, 0.6) is 5.75 Å². The summed E-state index contributed by atoms with van der Waals surface area (Å²) in [6.07, 6.45) is 2.58. The van der Waals surface area contributed by atoms with Crippen molar-refractivity contribution in [2.45, 2.75) is 29.9 Å². The fourth-order valence-corrected chi connectivity index (χ4v) is 5.40. The number of halogens is 1. The first kappa shape index (κ1) is 26.3. The molecule has 1 saturated heterocycles. The second kappa shape index (κ2) is 11.1. The molecule has 192 valence electrons. The van der Waals surface area contributed by atoms with Crippen LogP contribution >= 0.6 is 0 Å². The number of rotatable bonds is 8. The van der Waals surface area contributed by atoms with E-state index in [-0.39, 0.29) is 11.6 Å². The van der Waals surface area contributed by atoms with Crippen molar-refractivity contribution >= 4 is 9.84 Å². The molecule has 4 rings (SSSR count). The minimum Gasteiger partial charge on any atom is -0.508 e. The molecule has 0 aliphatic carbocycles. The highest BCUT2D eigenvalue weighted by Gasteiger charge is 2.32. The molecule has 3 aromatic carbocycles. The number of nitrogens with zero attached hydrogens (tertiary/aromatic N) is 2. The molecule has 1 heterocycles. The highest BCUT2D eigenvalue weighted by atomic mass is 32.2. The Bertz CT molecular complexity index is 1270. The van der Waals surface area contributed by atoms with Crippen molar-refractivity contribution in [3.8, 4) is 5.75 Å². The molecule has 0 bridgehead atoms. The van der Waals surface area contributed by atoms with Crippen molar-refractivity contribution in [2.24, 2.45) is 0 Å². The molecule has 3 aromatic rings. The van der Waals surface area contributed by atoms with Crippen molar-refractivity contribution in [2.75, 3.05) is 39.0 Å². The van der Waals surface area contributed by atoms with Crippen molar-refractivity contribution in [1.82, 2.24) is 9.80 Å². The van der Waals surface area contributed by atoms with Crippen molar-refractivity contribution in [1.29, 1.82) is 0 Å². The number of hydrogen-bond acceptors (Lipinski definition) is 6. The van der Waals surface area contributed by atoms with Crippen LogP contribution in [0.4, 0.5) is 4.39 Å². The first-order chi connectivity index (χ1) is 17.1. The highest BCUT2D eigenvalue weighted by molar-refractivity contribution is 7.90. The van der Waals surface area contributed by atoms with Gasteiger partial charge in [-0.05, 0) is 79.0 Å². The van der Waals surface area contributed by atoms with Crippen molar-refractivity contribution in [3.63, 3.8) is 0 Å². The van der Waals surface area contributed by atoms with E-state index in [0.29, 0.717) is 29.0 Å². The normalized spacial score (nSPS) is 17.4. The van der Waals surface area contributed by atoms with Gasteiger partial charge in [0.25, 0.3) is 0 Å². The van der Waals surface area contributed by atoms with Crippen LogP contribution in [0, 0.1) is 5.82 Å². The van der Waals surface area contributed by atoms with E-state index in [0.717, 1.165) is 44.7 Å². The summed E-state index contributed by atoms with van der Waals surface area (Å²) >= 11 is 0. The van der Waals surface area contributed by atoms with Crippen LogP contribution in [-0.2, 0) is 22.0 Å². The molecule has 1 aliphatic rings. The predicted octanol–water partition coefficient (Wildman–Crippen LogP) is 3.77. The third-order valence-corrected chi connectivity index (χ3v) is 8.00. The topological polar surface area (TPSA) is 81.1 Å². The van der Waals surface area contributed by atoms with Crippen LogP contribution in [0.25, 0.3) is 0 Å². The maximum atomic E-state index is 13.6. The average molecular weight is 513 g/mol. The van der Waals surface area contributed by atoms with Gasteiger partial charge in [-0.3, -0.25) is 4.90 Å². The molecule has 1 unspecified atom stereocenters. The molecule has 0 amide bonds. The molecular formula is C28H33FN2O4S. The van der Waals surface area contributed by atoms with Gasteiger partial charge in [-0.2, -0.15) is 0 Å². The van der Waals surface area contributed by atoms with Crippen LogP contribution in [0.15, 0.2) is 77.7 Å². The van der Waals surface area contributed by atoms with Gasteiger partial charge in [0, 0.05) is 32.4 Å². The average Bonchev–Trinajstić information content (AvgIpc) is 3.08. The minimum atomic E-state index is -3.20. The van der Waals surface area contributed by atoms with E-state index in [2.05, 4.69) is 9.80 Å². The lowest BCUT2D eigenvalue weighted by molar-refractivity contribution is 0.0574. The Morgan fingerprint density at radius 1 is 0.889 bits per heavy atom. The zero-order chi connectivity index (χ0) is 25.8. The van der Waals surface area contributed by atoms with Gasteiger partial charge in [-0.1, -0.05) is 36.4 Å². The third-order valence-electron chi connectivity index (χ3n) is 6.87. The molecule has 0 aromatic heterocycles. The molecule has 0 radical (unpaired) electrons. The maximum absolute atomic E-state index is 13.6. The molecule has 2 N–H and O–H groups in total. The van der Waals surface area contributed by atoms with Crippen molar-refractivity contribution in [3.05, 3.63) is 95.3 Å². The van der Waals surface area contributed by atoms with Crippen molar-refractivity contribution < 1.29 is 23.0 Å². The first-order valence-corrected chi connectivity index (χ1v) is 14.0. The minimum absolute atomic E-state index is 0.0722. The Kier molecular flexibility index (Phi) is 8.10. The number of aliphatic hydroxyl groups is 1. The number of phenolic OH excluding ortho intramolecular Hbond substituents is 1. The fraction of sp³-hybridized carbons (Fsp3) is 0.357. The Morgan fingerprint density at radius 3 is 2.22 bits per heavy atom. The molecule has 0 saturated carbocycles. The van der Waals surface area contributed by atoms with Crippen LogP contribution in [0.1, 0.15) is 29.5 Å². The Hall–Kier alpha value is -2.78. The van der Waals surface area contributed by atoms with Gasteiger partial charge < -0.3 is 15.1 Å². The quantitative estimate of drug-likeness (QED) is 0.478. The lowest BCUT2D eigenvalue weighted by Crippen LogP contribution is -2.36. The predicted molar refractivity (Wildman–Crippen MR) is 138 cm³/mol. The SMILES string of the molecule is CS(=O)(=O)c1ccc(CN2CCCN(CCC(O)(c3ccc(F)cc3)c3cccc(O)c3)CC2)cc1. The summed E-state index contributed by atoms with van der Waals surface area (Å²) in [6, 6.07) is 19.5.